The van der Waals surface area contributed by atoms with Crippen molar-refractivity contribution in [2.75, 3.05) is 50.2 Å². The number of hydrogen-bond acceptors (Lipinski definition) is 9. The number of carboxylic acids is 1. The van der Waals surface area contributed by atoms with Crippen molar-refractivity contribution in [3.8, 4) is 5.88 Å². The van der Waals surface area contributed by atoms with Gasteiger partial charge >= 0.3 is 5.97 Å². The maximum Gasteiger partial charge on any atom is 0.303 e. The van der Waals surface area contributed by atoms with Crippen molar-refractivity contribution in [2.45, 2.75) is 38.0 Å². The molecule has 0 bridgehead atoms. The number of thiazole rings is 1. The first-order valence-electron chi connectivity index (χ1n) is 12.3. The fourth-order valence-corrected chi connectivity index (χ4v) is 5.09. The summed E-state index contributed by atoms with van der Waals surface area (Å²) in [5, 5.41) is 15.9. The van der Waals surface area contributed by atoms with Crippen LogP contribution in [0, 0.1) is 0 Å². The summed E-state index contributed by atoms with van der Waals surface area (Å²) in [5.41, 5.74) is 2.99. The van der Waals surface area contributed by atoms with Crippen LogP contribution < -0.4 is 15.0 Å². The number of pyridine rings is 2. The van der Waals surface area contributed by atoms with Gasteiger partial charge in [0.15, 0.2) is 0 Å². The van der Waals surface area contributed by atoms with Gasteiger partial charge in [-0.15, -0.1) is 11.3 Å². The Labute approximate surface area is 215 Å². The Morgan fingerprint density at radius 2 is 2.11 bits per heavy atom. The number of rotatable bonds is 13. The summed E-state index contributed by atoms with van der Waals surface area (Å²) in [6.07, 6.45) is 7.09. The summed E-state index contributed by atoms with van der Waals surface area (Å²) in [7, 11) is 1.56. The highest BCUT2D eigenvalue weighted by molar-refractivity contribution is 7.09. The van der Waals surface area contributed by atoms with E-state index in [-0.39, 0.29) is 12.3 Å². The van der Waals surface area contributed by atoms with Gasteiger partial charge in [-0.2, -0.15) is 0 Å². The Kier molecular flexibility index (Phi) is 9.46. The normalized spacial score (nSPS) is 14.4. The number of aryl methyl sites for hydroxylation is 1. The number of carbonyl (C=O) groups is 1. The van der Waals surface area contributed by atoms with Crippen LogP contribution in [0.3, 0.4) is 0 Å². The summed E-state index contributed by atoms with van der Waals surface area (Å²) >= 11 is 1.64. The van der Waals surface area contributed by atoms with Crippen molar-refractivity contribution in [2.24, 2.45) is 0 Å². The summed E-state index contributed by atoms with van der Waals surface area (Å²) in [6, 6.07) is 7.79. The maximum atomic E-state index is 11.4. The maximum absolute atomic E-state index is 11.4. The Balaban J connectivity index is 1.22. The molecule has 1 aliphatic rings. The molecule has 0 aliphatic carbocycles. The van der Waals surface area contributed by atoms with E-state index in [1.807, 2.05) is 23.7 Å². The minimum atomic E-state index is -0.830. The molecule has 10 heteroatoms. The first kappa shape index (κ1) is 25.8. The number of methoxy groups -OCH3 is 1. The van der Waals surface area contributed by atoms with E-state index >= 15 is 0 Å². The molecule has 1 unspecified atom stereocenters. The van der Waals surface area contributed by atoms with E-state index in [4.69, 9.17) is 14.5 Å². The molecular formula is C26H33N5O4S. The second-order valence-electron chi connectivity index (χ2n) is 8.75. The van der Waals surface area contributed by atoms with Crippen LogP contribution in [-0.2, 0) is 22.4 Å². The Bertz CT molecular complexity index is 1100. The molecule has 0 saturated carbocycles. The van der Waals surface area contributed by atoms with Gasteiger partial charge in [0.2, 0.25) is 5.88 Å². The quantitative estimate of drug-likeness (QED) is 0.329. The first-order valence-corrected chi connectivity index (χ1v) is 13.2. The highest BCUT2D eigenvalue weighted by atomic mass is 32.1. The zero-order valence-corrected chi connectivity index (χ0v) is 21.4. The van der Waals surface area contributed by atoms with Gasteiger partial charge in [-0.05, 0) is 37.3 Å². The molecule has 36 heavy (non-hydrogen) atoms. The van der Waals surface area contributed by atoms with E-state index < -0.39 is 5.97 Å². The zero-order chi connectivity index (χ0) is 25.2. The van der Waals surface area contributed by atoms with Crippen molar-refractivity contribution in [1.29, 1.82) is 0 Å². The van der Waals surface area contributed by atoms with Crippen molar-refractivity contribution < 1.29 is 19.4 Å². The summed E-state index contributed by atoms with van der Waals surface area (Å²) < 4.78 is 10.5. The summed E-state index contributed by atoms with van der Waals surface area (Å²) in [5.74, 6) is 0.399. The van der Waals surface area contributed by atoms with Crippen LogP contribution in [0.4, 0.5) is 11.5 Å². The molecule has 4 heterocycles. The fraction of sp³-hybridized carbons (Fsp3) is 0.462. The topological polar surface area (TPSA) is 110 Å². The van der Waals surface area contributed by atoms with E-state index in [0.717, 1.165) is 74.2 Å². The molecule has 4 rings (SSSR count). The first-order chi connectivity index (χ1) is 17.6. The lowest BCUT2D eigenvalue weighted by atomic mass is 9.92. The van der Waals surface area contributed by atoms with E-state index in [2.05, 4.69) is 26.3 Å². The lowest BCUT2D eigenvalue weighted by molar-refractivity contribution is -0.137. The monoisotopic (exact) mass is 511 g/mol. The summed E-state index contributed by atoms with van der Waals surface area (Å²) in [6.45, 7) is 4.20. The smallest absolute Gasteiger partial charge is 0.303 e. The third-order valence-corrected chi connectivity index (χ3v) is 7.12. The van der Waals surface area contributed by atoms with Crippen LogP contribution in [-0.4, -0.2) is 66.0 Å². The Morgan fingerprint density at radius 3 is 2.86 bits per heavy atom. The number of nitrogens with zero attached hydrogens (tertiary/aromatic N) is 4. The van der Waals surface area contributed by atoms with Crippen molar-refractivity contribution in [1.82, 2.24) is 15.0 Å². The molecule has 3 aromatic heterocycles. The van der Waals surface area contributed by atoms with Crippen LogP contribution >= 0.6 is 11.3 Å². The average molecular weight is 512 g/mol. The second kappa shape index (κ2) is 13.2. The Morgan fingerprint density at radius 1 is 1.25 bits per heavy atom. The van der Waals surface area contributed by atoms with Crippen molar-refractivity contribution >= 4 is 28.8 Å². The van der Waals surface area contributed by atoms with E-state index in [9.17, 15) is 9.90 Å². The summed E-state index contributed by atoms with van der Waals surface area (Å²) in [4.78, 5) is 27.2. The zero-order valence-electron chi connectivity index (χ0n) is 20.6. The number of nitrogens with one attached hydrogen (secondary N) is 1. The van der Waals surface area contributed by atoms with Crippen LogP contribution in [0.15, 0.2) is 42.0 Å². The predicted octanol–water partition coefficient (Wildman–Crippen LogP) is 4.01. The minimum Gasteiger partial charge on any atom is -0.481 e. The minimum absolute atomic E-state index is 0.0350. The average Bonchev–Trinajstić information content (AvgIpc) is 3.36. The third kappa shape index (κ3) is 7.63. The lowest BCUT2D eigenvalue weighted by Crippen LogP contribution is -2.36. The highest BCUT2D eigenvalue weighted by Crippen LogP contribution is 2.26. The molecule has 1 saturated heterocycles. The largest absolute Gasteiger partial charge is 0.481 e. The standard InChI is InChI=1S/C26H33N5O4S/c1-34-24-6-5-19(17-29-24)20(15-26(32)33)14-21-18-36-25(30-21)4-2-3-8-27-23-16-22(7-9-28-23)31-10-12-35-13-11-31/h5-7,9,16-18,20H,2-4,8,10-15H2,1H3,(H,27,28)(H,32,33). The van der Waals surface area contributed by atoms with Gasteiger partial charge in [0.25, 0.3) is 0 Å². The van der Waals surface area contributed by atoms with Gasteiger partial charge in [-0.1, -0.05) is 6.07 Å². The van der Waals surface area contributed by atoms with Gasteiger partial charge in [-0.25, -0.2) is 15.0 Å². The van der Waals surface area contributed by atoms with Gasteiger partial charge in [-0.3, -0.25) is 4.79 Å². The van der Waals surface area contributed by atoms with Crippen molar-refractivity contribution in [3.05, 3.63) is 58.3 Å². The number of aliphatic carboxylic acids is 1. The molecule has 0 amide bonds. The van der Waals surface area contributed by atoms with Crippen LogP contribution in [0.1, 0.15) is 41.4 Å². The van der Waals surface area contributed by atoms with E-state index in [1.54, 1.807) is 30.7 Å². The fourth-order valence-electron chi connectivity index (χ4n) is 4.23. The molecule has 9 nitrogen and oxygen atoms in total. The molecule has 3 aromatic rings. The third-order valence-electron chi connectivity index (χ3n) is 6.16. The Hall–Kier alpha value is -3.24. The van der Waals surface area contributed by atoms with E-state index in [0.29, 0.717) is 12.3 Å². The molecule has 1 atom stereocenters. The van der Waals surface area contributed by atoms with Gasteiger partial charge in [0, 0.05) is 61.1 Å². The molecule has 0 aromatic carbocycles. The van der Waals surface area contributed by atoms with Gasteiger partial charge < -0.3 is 24.8 Å². The number of morpholine rings is 1. The number of unbranched alkanes of at least 4 members (excludes halogenated alkanes) is 1. The second-order valence-corrected chi connectivity index (χ2v) is 9.69. The van der Waals surface area contributed by atoms with Gasteiger partial charge in [0.05, 0.1) is 37.4 Å². The molecule has 192 valence electrons. The highest BCUT2D eigenvalue weighted by Gasteiger charge is 2.19. The molecular weight excluding hydrogens is 478 g/mol. The number of aromatic nitrogens is 3. The lowest BCUT2D eigenvalue weighted by Gasteiger charge is -2.29. The van der Waals surface area contributed by atoms with Gasteiger partial charge in [0.1, 0.15) is 5.82 Å². The molecule has 1 aliphatic heterocycles. The SMILES string of the molecule is COc1ccc(C(CC(=O)O)Cc2csc(CCCCNc3cc(N4CCOCC4)ccn3)n2)cn1. The molecule has 1 fully saturated rings. The van der Waals surface area contributed by atoms with Crippen LogP contribution in [0.2, 0.25) is 0 Å². The van der Waals surface area contributed by atoms with E-state index in [1.165, 1.54) is 5.69 Å². The molecule has 0 spiro atoms. The number of hydrogen-bond donors (Lipinski definition) is 2. The van der Waals surface area contributed by atoms with Crippen LogP contribution in [0.5, 0.6) is 5.88 Å². The van der Waals surface area contributed by atoms with Crippen LogP contribution in [0.25, 0.3) is 0 Å². The molecule has 0 radical (unpaired) electrons. The molecule has 2 N–H and O–H groups in total. The predicted molar refractivity (Wildman–Crippen MR) is 140 cm³/mol. The number of anilines is 2. The number of carboxylic acid groups (broad SMARTS) is 1. The van der Waals surface area contributed by atoms with Crippen molar-refractivity contribution in [3.63, 3.8) is 0 Å². The number of ether oxygens (including phenoxy) is 2.